The molecule has 0 unspecified atom stereocenters. The Morgan fingerprint density at radius 2 is 2.32 bits per heavy atom. The third-order valence-corrected chi connectivity index (χ3v) is 3.07. The fourth-order valence-corrected chi connectivity index (χ4v) is 1.93. The van der Waals surface area contributed by atoms with E-state index in [4.69, 9.17) is 4.74 Å². The molecule has 0 spiro atoms. The van der Waals surface area contributed by atoms with Crippen LogP contribution in [0.15, 0.2) is 6.20 Å². The van der Waals surface area contributed by atoms with Crippen LogP contribution >= 0.6 is 0 Å². The van der Waals surface area contributed by atoms with Crippen LogP contribution < -0.4 is 10.6 Å². The Morgan fingerprint density at radius 1 is 1.58 bits per heavy atom. The van der Waals surface area contributed by atoms with Gasteiger partial charge in [-0.1, -0.05) is 0 Å². The number of anilines is 2. The van der Waals surface area contributed by atoms with E-state index in [1.165, 1.54) is 6.20 Å². The van der Waals surface area contributed by atoms with Crippen molar-refractivity contribution in [3.8, 4) is 0 Å². The van der Waals surface area contributed by atoms with Gasteiger partial charge in [0.1, 0.15) is 6.20 Å². The van der Waals surface area contributed by atoms with Crippen molar-refractivity contribution in [2.24, 2.45) is 0 Å². The molecule has 1 aromatic rings. The molecule has 2 rings (SSSR count). The van der Waals surface area contributed by atoms with Crippen LogP contribution in [0.4, 0.5) is 17.5 Å². The summed E-state index contributed by atoms with van der Waals surface area (Å²) in [7, 11) is 1.66. The molecule has 0 bridgehead atoms. The van der Waals surface area contributed by atoms with Crippen molar-refractivity contribution in [3.63, 3.8) is 0 Å². The molecule has 0 saturated heterocycles. The number of hydrogen-bond acceptors (Lipinski definition) is 7. The zero-order chi connectivity index (χ0) is 13.8. The standard InChI is InChI=1S/C11H17N5O3/c1-3-12-11-13-6-9(16(17)18)10(15-11)14-7-4-8(5-7)19-2/h6-8H,3-5H2,1-2H3,(H2,12,13,14,15). The van der Waals surface area contributed by atoms with Crippen molar-refractivity contribution >= 4 is 17.5 Å². The molecule has 0 radical (unpaired) electrons. The number of rotatable bonds is 6. The van der Waals surface area contributed by atoms with Crippen molar-refractivity contribution < 1.29 is 9.66 Å². The molecule has 1 fully saturated rings. The van der Waals surface area contributed by atoms with Crippen LogP contribution in [-0.2, 0) is 4.74 Å². The van der Waals surface area contributed by atoms with E-state index in [1.807, 2.05) is 6.92 Å². The van der Waals surface area contributed by atoms with E-state index in [2.05, 4.69) is 20.6 Å². The molecule has 1 aromatic heterocycles. The SMILES string of the molecule is CCNc1ncc([N+](=O)[O-])c(NC2CC(OC)C2)n1. The number of aromatic nitrogens is 2. The number of ether oxygens (including phenoxy) is 1. The van der Waals surface area contributed by atoms with Crippen LogP contribution in [-0.4, -0.2) is 40.7 Å². The minimum atomic E-state index is -0.482. The normalized spacial score (nSPS) is 21.6. The van der Waals surface area contributed by atoms with Crippen LogP contribution in [0.3, 0.4) is 0 Å². The number of nitro groups is 1. The van der Waals surface area contributed by atoms with E-state index < -0.39 is 4.92 Å². The first-order valence-corrected chi connectivity index (χ1v) is 6.18. The molecule has 8 heteroatoms. The van der Waals surface area contributed by atoms with Gasteiger partial charge in [0.25, 0.3) is 0 Å². The van der Waals surface area contributed by atoms with Crippen LogP contribution in [0.5, 0.6) is 0 Å². The zero-order valence-electron chi connectivity index (χ0n) is 10.9. The number of nitrogens with zero attached hydrogens (tertiary/aromatic N) is 3. The molecule has 104 valence electrons. The second kappa shape index (κ2) is 5.79. The average molecular weight is 267 g/mol. The van der Waals surface area contributed by atoms with Crippen molar-refractivity contribution in [1.82, 2.24) is 9.97 Å². The predicted octanol–water partition coefficient (Wildman–Crippen LogP) is 1.41. The summed E-state index contributed by atoms with van der Waals surface area (Å²) < 4.78 is 5.18. The van der Waals surface area contributed by atoms with Gasteiger partial charge in [-0.05, 0) is 19.8 Å². The summed E-state index contributed by atoms with van der Waals surface area (Å²) in [6.45, 7) is 2.57. The largest absolute Gasteiger partial charge is 0.381 e. The predicted molar refractivity (Wildman–Crippen MR) is 70.3 cm³/mol. The molecule has 1 aliphatic carbocycles. The van der Waals surface area contributed by atoms with E-state index in [0.717, 1.165) is 12.8 Å². The maximum absolute atomic E-state index is 10.9. The molecule has 19 heavy (non-hydrogen) atoms. The highest BCUT2D eigenvalue weighted by atomic mass is 16.6. The van der Waals surface area contributed by atoms with Gasteiger partial charge in [-0.2, -0.15) is 4.98 Å². The molecule has 0 amide bonds. The number of hydrogen-bond donors (Lipinski definition) is 2. The second-order valence-corrected chi connectivity index (χ2v) is 4.39. The second-order valence-electron chi connectivity index (χ2n) is 4.39. The lowest BCUT2D eigenvalue weighted by Gasteiger charge is -2.34. The Labute approximate surface area is 110 Å². The molecule has 0 aliphatic heterocycles. The molecular weight excluding hydrogens is 250 g/mol. The molecular formula is C11H17N5O3. The minimum Gasteiger partial charge on any atom is -0.381 e. The summed E-state index contributed by atoms with van der Waals surface area (Å²) in [4.78, 5) is 18.5. The monoisotopic (exact) mass is 267 g/mol. The van der Waals surface area contributed by atoms with E-state index in [-0.39, 0.29) is 23.7 Å². The van der Waals surface area contributed by atoms with Crippen molar-refractivity contribution in [2.75, 3.05) is 24.3 Å². The van der Waals surface area contributed by atoms with E-state index in [0.29, 0.717) is 12.5 Å². The summed E-state index contributed by atoms with van der Waals surface area (Å²) >= 11 is 0. The van der Waals surface area contributed by atoms with E-state index >= 15 is 0 Å². The average Bonchev–Trinajstić information content (AvgIpc) is 2.33. The number of nitrogens with one attached hydrogen (secondary N) is 2. The maximum Gasteiger partial charge on any atom is 0.329 e. The van der Waals surface area contributed by atoms with Crippen LogP contribution in [0.2, 0.25) is 0 Å². The topological polar surface area (TPSA) is 102 Å². The molecule has 1 heterocycles. The van der Waals surface area contributed by atoms with E-state index in [9.17, 15) is 10.1 Å². The first-order chi connectivity index (χ1) is 9.13. The maximum atomic E-state index is 10.9. The van der Waals surface area contributed by atoms with Gasteiger partial charge in [-0.3, -0.25) is 10.1 Å². The highest BCUT2D eigenvalue weighted by molar-refractivity contribution is 5.57. The molecule has 0 atom stereocenters. The van der Waals surface area contributed by atoms with Gasteiger partial charge >= 0.3 is 5.69 Å². The zero-order valence-corrected chi connectivity index (χ0v) is 10.9. The van der Waals surface area contributed by atoms with Crippen LogP contribution in [0.25, 0.3) is 0 Å². The highest BCUT2D eigenvalue weighted by Gasteiger charge is 2.31. The Morgan fingerprint density at radius 3 is 2.89 bits per heavy atom. The summed E-state index contributed by atoms with van der Waals surface area (Å²) in [5.74, 6) is 0.647. The molecule has 0 aromatic carbocycles. The Bertz CT molecular complexity index is 462. The molecule has 2 N–H and O–H groups in total. The van der Waals surface area contributed by atoms with Crippen molar-refractivity contribution in [2.45, 2.75) is 31.9 Å². The Balaban J connectivity index is 2.11. The molecule has 1 saturated carbocycles. The Hall–Kier alpha value is -1.96. The first kappa shape index (κ1) is 13.5. The van der Waals surface area contributed by atoms with Crippen molar-refractivity contribution in [3.05, 3.63) is 16.3 Å². The molecule has 1 aliphatic rings. The highest BCUT2D eigenvalue weighted by Crippen LogP contribution is 2.29. The third-order valence-electron chi connectivity index (χ3n) is 3.07. The summed E-state index contributed by atoms with van der Waals surface area (Å²) in [5, 5.41) is 17.0. The van der Waals surface area contributed by atoms with Gasteiger partial charge in [0.15, 0.2) is 0 Å². The lowest BCUT2D eigenvalue weighted by atomic mass is 9.89. The first-order valence-electron chi connectivity index (χ1n) is 6.18. The van der Waals surface area contributed by atoms with Gasteiger partial charge in [0.2, 0.25) is 11.8 Å². The Kier molecular flexibility index (Phi) is 4.10. The minimum absolute atomic E-state index is 0.109. The van der Waals surface area contributed by atoms with Gasteiger partial charge in [0, 0.05) is 19.7 Å². The lowest BCUT2D eigenvalue weighted by Crippen LogP contribution is -2.40. The van der Waals surface area contributed by atoms with Gasteiger partial charge in [0.05, 0.1) is 11.0 Å². The molecule has 8 nitrogen and oxygen atoms in total. The van der Waals surface area contributed by atoms with Crippen LogP contribution in [0, 0.1) is 10.1 Å². The van der Waals surface area contributed by atoms with Gasteiger partial charge < -0.3 is 15.4 Å². The summed E-state index contributed by atoms with van der Waals surface area (Å²) in [6, 6.07) is 0.160. The fraction of sp³-hybridized carbons (Fsp3) is 0.636. The number of methoxy groups -OCH3 is 1. The van der Waals surface area contributed by atoms with Crippen molar-refractivity contribution in [1.29, 1.82) is 0 Å². The van der Waals surface area contributed by atoms with E-state index in [1.54, 1.807) is 7.11 Å². The summed E-state index contributed by atoms with van der Waals surface area (Å²) in [6.07, 6.45) is 3.11. The summed E-state index contributed by atoms with van der Waals surface area (Å²) in [5.41, 5.74) is -0.109. The lowest BCUT2D eigenvalue weighted by molar-refractivity contribution is -0.384. The van der Waals surface area contributed by atoms with Gasteiger partial charge in [-0.15, -0.1) is 0 Å². The third kappa shape index (κ3) is 3.08. The van der Waals surface area contributed by atoms with Gasteiger partial charge in [-0.25, -0.2) is 4.98 Å². The smallest absolute Gasteiger partial charge is 0.329 e. The fourth-order valence-electron chi connectivity index (χ4n) is 1.93. The van der Waals surface area contributed by atoms with Crippen LogP contribution in [0.1, 0.15) is 19.8 Å². The quantitative estimate of drug-likeness (QED) is 0.593.